The van der Waals surface area contributed by atoms with Crippen molar-refractivity contribution in [2.45, 2.75) is 0 Å². The van der Waals surface area contributed by atoms with E-state index in [2.05, 4.69) is 25.6 Å². The normalized spacial score (nSPS) is 10.7. The van der Waals surface area contributed by atoms with Crippen LogP contribution in [0.5, 0.6) is 0 Å². The summed E-state index contributed by atoms with van der Waals surface area (Å²) in [6.45, 7) is 0. The number of thiazole rings is 1. The van der Waals surface area contributed by atoms with E-state index in [-0.39, 0.29) is 5.82 Å². The summed E-state index contributed by atoms with van der Waals surface area (Å²) in [5.41, 5.74) is 4.54. The molecule has 0 spiro atoms. The van der Waals surface area contributed by atoms with Gasteiger partial charge in [0.2, 0.25) is 5.13 Å². The third kappa shape index (κ3) is 4.22. The molecule has 3 aromatic rings. The van der Waals surface area contributed by atoms with Crippen molar-refractivity contribution < 1.29 is 13.9 Å². The van der Waals surface area contributed by atoms with Gasteiger partial charge in [-0.15, -0.1) is 0 Å². The van der Waals surface area contributed by atoms with Crippen molar-refractivity contribution >= 4 is 33.8 Å². The summed E-state index contributed by atoms with van der Waals surface area (Å²) in [6.07, 6.45) is 0.777. The highest BCUT2D eigenvalue weighted by Gasteiger charge is 2.15. The fraction of sp³-hybridized carbons (Fsp3) is 0.0556. The van der Waals surface area contributed by atoms with Crippen molar-refractivity contribution in [2.24, 2.45) is 5.10 Å². The number of nitrogens with one attached hydrogen (secondary N) is 2. The molecule has 6 nitrogen and oxygen atoms in total. The third-order valence-electron chi connectivity index (χ3n) is 3.34. The second-order valence-electron chi connectivity index (χ2n) is 5.07. The lowest BCUT2D eigenvalue weighted by Crippen LogP contribution is -2.10. The van der Waals surface area contributed by atoms with Crippen LogP contribution < -0.4 is 10.7 Å². The zero-order valence-corrected chi connectivity index (χ0v) is 14.6. The van der Waals surface area contributed by atoms with E-state index in [1.807, 2.05) is 30.3 Å². The number of aromatic nitrogens is 1. The number of anilines is 2. The van der Waals surface area contributed by atoms with Crippen LogP contribution in [-0.2, 0) is 4.74 Å². The molecule has 1 heterocycles. The number of halogens is 1. The van der Waals surface area contributed by atoms with Gasteiger partial charge in [-0.1, -0.05) is 59.9 Å². The molecule has 132 valence electrons. The quantitative estimate of drug-likeness (QED) is 0.509. The fourth-order valence-corrected chi connectivity index (χ4v) is 2.95. The molecule has 0 aliphatic heterocycles. The first-order valence-corrected chi connectivity index (χ1v) is 8.44. The molecular weight excluding hydrogens is 355 g/mol. The zero-order chi connectivity index (χ0) is 18.4. The average Bonchev–Trinajstić information content (AvgIpc) is 3.06. The van der Waals surface area contributed by atoms with Crippen LogP contribution in [-0.4, -0.2) is 24.4 Å². The van der Waals surface area contributed by atoms with Crippen molar-refractivity contribution in [3.63, 3.8) is 0 Å². The molecule has 2 aromatic carbocycles. The lowest BCUT2D eigenvalue weighted by atomic mass is 10.2. The number of hydrogen-bond acceptors (Lipinski definition) is 6. The number of carbonyl (C=O) groups excluding carboxylic acids is 1. The molecule has 3 rings (SSSR count). The maximum absolute atomic E-state index is 13.6. The summed E-state index contributed by atoms with van der Waals surface area (Å²) in [5, 5.41) is 7.62. The first-order valence-electron chi connectivity index (χ1n) is 7.62. The van der Waals surface area contributed by atoms with E-state index >= 15 is 0 Å². The molecule has 1 aromatic heterocycles. The Balaban J connectivity index is 1.84. The van der Waals surface area contributed by atoms with Gasteiger partial charge >= 0.3 is 6.09 Å². The van der Waals surface area contributed by atoms with Gasteiger partial charge in [0.15, 0.2) is 0 Å². The van der Waals surface area contributed by atoms with Crippen LogP contribution in [0, 0.1) is 5.82 Å². The Hall–Kier alpha value is -3.26. The van der Waals surface area contributed by atoms with Gasteiger partial charge in [-0.2, -0.15) is 5.10 Å². The Morgan fingerprint density at radius 1 is 1.19 bits per heavy atom. The van der Waals surface area contributed by atoms with Crippen LogP contribution in [0.3, 0.4) is 0 Å². The van der Waals surface area contributed by atoms with Gasteiger partial charge in [0.05, 0.1) is 13.3 Å². The minimum Gasteiger partial charge on any atom is -0.453 e. The van der Waals surface area contributed by atoms with Crippen molar-refractivity contribution in [2.75, 3.05) is 17.9 Å². The third-order valence-corrected chi connectivity index (χ3v) is 4.22. The van der Waals surface area contributed by atoms with E-state index in [0.717, 1.165) is 5.56 Å². The van der Waals surface area contributed by atoms with Gasteiger partial charge in [0.1, 0.15) is 16.5 Å². The molecule has 8 heteroatoms. The molecule has 1 amide bonds. The number of hydrazone groups is 1. The summed E-state index contributed by atoms with van der Waals surface area (Å²) in [6, 6.07) is 15.7. The van der Waals surface area contributed by atoms with E-state index in [4.69, 9.17) is 0 Å². The minimum atomic E-state index is -0.591. The summed E-state index contributed by atoms with van der Waals surface area (Å²) >= 11 is 1.20. The Kier molecular flexibility index (Phi) is 5.55. The number of amides is 1. The van der Waals surface area contributed by atoms with E-state index in [1.165, 1.54) is 30.7 Å². The minimum absolute atomic E-state index is 0.354. The van der Waals surface area contributed by atoms with Crippen molar-refractivity contribution in [1.29, 1.82) is 0 Å². The molecule has 0 unspecified atom stereocenters. The topological polar surface area (TPSA) is 75.6 Å². The average molecular weight is 370 g/mol. The number of carbonyl (C=O) groups is 1. The van der Waals surface area contributed by atoms with Crippen LogP contribution >= 0.6 is 11.3 Å². The zero-order valence-electron chi connectivity index (χ0n) is 13.8. The van der Waals surface area contributed by atoms with Gasteiger partial charge < -0.3 is 4.74 Å². The van der Waals surface area contributed by atoms with Crippen LogP contribution in [0.1, 0.15) is 5.56 Å². The number of rotatable bonds is 5. The molecule has 0 aliphatic carbocycles. The number of ether oxygens (including phenoxy) is 1. The Bertz CT molecular complexity index is 928. The lowest BCUT2D eigenvalue weighted by Gasteiger charge is -2.03. The number of nitrogens with zero attached hydrogens (tertiary/aromatic N) is 2. The fourth-order valence-electron chi connectivity index (χ4n) is 2.12. The smallest absolute Gasteiger partial charge is 0.412 e. The molecule has 0 aliphatic rings. The first kappa shape index (κ1) is 17.6. The standard InChI is InChI=1S/C18H15FN4O2S/c1-25-18(24)22-16-15(12-7-3-2-4-8-12)21-17(26-16)23-20-11-13-9-5-6-10-14(13)19/h2-11H,1H3,(H,21,23)(H,22,24)/b20-11+. The van der Waals surface area contributed by atoms with E-state index in [9.17, 15) is 9.18 Å². The highest BCUT2D eigenvalue weighted by Crippen LogP contribution is 2.35. The predicted octanol–water partition coefficient (Wildman–Crippen LogP) is 4.57. The monoisotopic (exact) mass is 370 g/mol. The number of benzene rings is 2. The van der Waals surface area contributed by atoms with Gasteiger partial charge in [-0.3, -0.25) is 10.7 Å². The summed E-state index contributed by atoms with van der Waals surface area (Å²) in [4.78, 5) is 16.0. The largest absolute Gasteiger partial charge is 0.453 e. The van der Waals surface area contributed by atoms with Gasteiger partial charge in [-0.25, -0.2) is 14.2 Å². The predicted molar refractivity (Wildman–Crippen MR) is 101 cm³/mol. The molecular formula is C18H15FN4O2S. The van der Waals surface area contributed by atoms with Crippen molar-refractivity contribution in [3.8, 4) is 11.3 Å². The van der Waals surface area contributed by atoms with E-state index in [0.29, 0.717) is 21.4 Å². The maximum atomic E-state index is 13.6. The summed E-state index contributed by atoms with van der Waals surface area (Å²) in [5.74, 6) is -0.366. The summed E-state index contributed by atoms with van der Waals surface area (Å²) < 4.78 is 18.2. The lowest BCUT2D eigenvalue weighted by molar-refractivity contribution is 0.187. The molecule has 0 bridgehead atoms. The van der Waals surface area contributed by atoms with Gasteiger partial charge in [-0.05, 0) is 6.07 Å². The molecule has 0 saturated carbocycles. The molecule has 26 heavy (non-hydrogen) atoms. The van der Waals surface area contributed by atoms with Crippen LogP contribution in [0.15, 0.2) is 59.7 Å². The van der Waals surface area contributed by atoms with Crippen LogP contribution in [0.4, 0.5) is 19.3 Å². The number of hydrogen-bond donors (Lipinski definition) is 2. The second kappa shape index (κ2) is 8.21. The van der Waals surface area contributed by atoms with Crippen molar-refractivity contribution in [3.05, 3.63) is 66.0 Å². The molecule has 0 atom stereocenters. The van der Waals surface area contributed by atoms with E-state index in [1.54, 1.807) is 18.2 Å². The molecule has 0 fully saturated rings. The van der Waals surface area contributed by atoms with E-state index < -0.39 is 6.09 Å². The Morgan fingerprint density at radius 3 is 2.65 bits per heavy atom. The Labute approximate surface area is 153 Å². The summed E-state index contributed by atoms with van der Waals surface area (Å²) in [7, 11) is 1.29. The van der Waals surface area contributed by atoms with Gasteiger partial charge in [0.25, 0.3) is 0 Å². The SMILES string of the molecule is COC(=O)Nc1sc(N/N=C/c2ccccc2F)nc1-c1ccccc1. The van der Waals surface area contributed by atoms with Crippen molar-refractivity contribution in [1.82, 2.24) is 4.98 Å². The molecule has 2 N–H and O–H groups in total. The number of methoxy groups -OCH3 is 1. The van der Waals surface area contributed by atoms with Crippen LogP contribution in [0.25, 0.3) is 11.3 Å². The Morgan fingerprint density at radius 2 is 1.92 bits per heavy atom. The second-order valence-corrected chi connectivity index (χ2v) is 6.07. The molecule has 0 radical (unpaired) electrons. The first-order chi connectivity index (χ1) is 12.7. The van der Waals surface area contributed by atoms with Gasteiger partial charge in [0, 0.05) is 11.1 Å². The molecule has 0 saturated heterocycles. The van der Waals surface area contributed by atoms with Crippen LogP contribution in [0.2, 0.25) is 0 Å². The highest BCUT2D eigenvalue weighted by atomic mass is 32.1. The highest BCUT2D eigenvalue weighted by molar-refractivity contribution is 7.20. The maximum Gasteiger partial charge on any atom is 0.412 e.